The normalized spacial score (nSPS) is 16.5. The lowest BCUT2D eigenvalue weighted by Crippen LogP contribution is -2.53. The highest BCUT2D eigenvalue weighted by Gasteiger charge is 2.27. The summed E-state index contributed by atoms with van der Waals surface area (Å²) in [5.41, 5.74) is 6.64. The fraction of sp³-hybridized carbons (Fsp3) is 0.562. The molecule has 22 heavy (non-hydrogen) atoms. The predicted molar refractivity (Wildman–Crippen MR) is 86.3 cm³/mol. The smallest absolute Gasteiger partial charge is 0.253 e. The molecule has 1 aliphatic heterocycles. The molecule has 2 rings (SSSR count). The number of para-hydroxylation sites is 2. The highest BCUT2D eigenvalue weighted by atomic mass is 16.5. The zero-order valence-electron chi connectivity index (χ0n) is 13.3. The van der Waals surface area contributed by atoms with E-state index in [1.807, 2.05) is 30.0 Å². The summed E-state index contributed by atoms with van der Waals surface area (Å²) in [4.78, 5) is 16.3. The van der Waals surface area contributed by atoms with Crippen molar-refractivity contribution in [3.05, 3.63) is 24.3 Å². The molecule has 1 atom stereocenters. The first-order valence-corrected chi connectivity index (χ1v) is 7.69. The lowest BCUT2D eigenvalue weighted by molar-refractivity contribution is -0.141. The van der Waals surface area contributed by atoms with Gasteiger partial charge in [-0.3, -0.25) is 4.79 Å². The molecule has 1 unspecified atom stereocenters. The van der Waals surface area contributed by atoms with Crippen molar-refractivity contribution in [2.24, 2.45) is 5.73 Å². The van der Waals surface area contributed by atoms with Gasteiger partial charge in [0.05, 0.1) is 12.3 Å². The number of rotatable bonds is 6. The highest BCUT2D eigenvalue weighted by Crippen LogP contribution is 2.28. The molecular formula is C16H25N3O3. The molecule has 1 aliphatic rings. The third-order valence-electron chi connectivity index (χ3n) is 3.87. The summed E-state index contributed by atoms with van der Waals surface area (Å²) in [6.45, 7) is 5.71. The molecule has 0 radical (unpaired) electrons. The zero-order chi connectivity index (χ0) is 15.9. The first kappa shape index (κ1) is 16.6. The Balaban J connectivity index is 1.99. The summed E-state index contributed by atoms with van der Waals surface area (Å²) >= 11 is 0. The van der Waals surface area contributed by atoms with Crippen LogP contribution in [0, 0.1) is 0 Å². The van der Waals surface area contributed by atoms with Gasteiger partial charge in [0.2, 0.25) is 0 Å². The van der Waals surface area contributed by atoms with Crippen molar-refractivity contribution in [1.82, 2.24) is 4.90 Å². The van der Waals surface area contributed by atoms with E-state index in [9.17, 15) is 4.79 Å². The third kappa shape index (κ3) is 3.69. The van der Waals surface area contributed by atoms with Gasteiger partial charge in [-0.25, -0.2) is 0 Å². The largest absolute Gasteiger partial charge is 0.492 e. The quantitative estimate of drug-likeness (QED) is 0.838. The van der Waals surface area contributed by atoms with Gasteiger partial charge in [-0.2, -0.15) is 0 Å². The Labute approximate surface area is 131 Å². The Bertz CT molecular complexity index is 483. The Kier molecular flexibility index (Phi) is 6.03. The van der Waals surface area contributed by atoms with Crippen molar-refractivity contribution >= 4 is 11.6 Å². The molecule has 0 saturated carbocycles. The van der Waals surface area contributed by atoms with Gasteiger partial charge in [0.15, 0.2) is 0 Å². The Morgan fingerprint density at radius 3 is 2.55 bits per heavy atom. The number of nitrogens with zero attached hydrogens (tertiary/aromatic N) is 2. The second-order valence-corrected chi connectivity index (χ2v) is 5.17. The number of nitrogens with two attached hydrogens (primary N) is 1. The molecule has 1 heterocycles. The minimum absolute atomic E-state index is 0.0252. The average Bonchev–Trinajstić information content (AvgIpc) is 2.57. The number of amides is 1. The van der Waals surface area contributed by atoms with Crippen LogP contribution in [0.2, 0.25) is 0 Å². The van der Waals surface area contributed by atoms with Gasteiger partial charge in [0.1, 0.15) is 11.9 Å². The maximum atomic E-state index is 12.3. The van der Waals surface area contributed by atoms with E-state index < -0.39 is 6.10 Å². The molecule has 1 aromatic carbocycles. The van der Waals surface area contributed by atoms with E-state index in [0.29, 0.717) is 19.7 Å². The van der Waals surface area contributed by atoms with E-state index in [4.69, 9.17) is 15.2 Å². The lowest BCUT2D eigenvalue weighted by Gasteiger charge is -2.37. The molecule has 0 spiro atoms. The topological polar surface area (TPSA) is 68.0 Å². The average molecular weight is 307 g/mol. The van der Waals surface area contributed by atoms with Crippen LogP contribution in [0.25, 0.3) is 0 Å². The van der Waals surface area contributed by atoms with Gasteiger partial charge in [-0.05, 0) is 19.1 Å². The van der Waals surface area contributed by atoms with E-state index in [1.165, 1.54) is 7.11 Å². The molecule has 0 bridgehead atoms. The van der Waals surface area contributed by atoms with Gasteiger partial charge in [0.25, 0.3) is 5.91 Å². The Hall–Kier alpha value is -1.79. The molecule has 6 heteroatoms. The Morgan fingerprint density at radius 2 is 1.95 bits per heavy atom. The molecule has 122 valence electrons. The van der Waals surface area contributed by atoms with Gasteiger partial charge in [0, 0.05) is 39.8 Å². The van der Waals surface area contributed by atoms with Crippen LogP contribution < -0.4 is 15.4 Å². The summed E-state index contributed by atoms with van der Waals surface area (Å²) in [6.07, 6.45) is -0.540. The summed E-state index contributed by atoms with van der Waals surface area (Å²) in [5.74, 6) is 0.865. The van der Waals surface area contributed by atoms with Crippen LogP contribution in [0.15, 0.2) is 24.3 Å². The molecule has 1 amide bonds. The van der Waals surface area contributed by atoms with Crippen molar-refractivity contribution in [1.29, 1.82) is 0 Å². The van der Waals surface area contributed by atoms with E-state index in [2.05, 4.69) is 11.0 Å². The number of hydrogen-bond donors (Lipinski definition) is 1. The van der Waals surface area contributed by atoms with Gasteiger partial charge in [-0.1, -0.05) is 12.1 Å². The van der Waals surface area contributed by atoms with Crippen LogP contribution in [-0.2, 0) is 9.53 Å². The van der Waals surface area contributed by atoms with E-state index >= 15 is 0 Å². The standard InChI is InChI=1S/C16H25N3O3/c1-3-22-14-7-5-4-6-13(14)18-8-10-19(11-9-18)16(20)15(12-17)21-2/h4-7,15H,3,8-12,17H2,1-2H3. The summed E-state index contributed by atoms with van der Waals surface area (Å²) < 4.78 is 10.8. The van der Waals surface area contributed by atoms with Gasteiger partial charge in [-0.15, -0.1) is 0 Å². The number of carbonyl (C=O) groups is 1. The van der Waals surface area contributed by atoms with E-state index in [0.717, 1.165) is 24.5 Å². The van der Waals surface area contributed by atoms with Crippen molar-refractivity contribution < 1.29 is 14.3 Å². The van der Waals surface area contributed by atoms with Crippen LogP contribution >= 0.6 is 0 Å². The third-order valence-corrected chi connectivity index (χ3v) is 3.87. The van der Waals surface area contributed by atoms with Crippen molar-refractivity contribution in [3.8, 4) is 5.75 Å². The SMILES string of the molecule is CCOc1ccccc1N1CCN(C(=O)C(CN)OC)CC1. The van der Waals surface area contributed by atoms with E-state index in [-0.39, 0.29) is 12.5 Å². The van der Waals surface area contributed by atoms with Crippen LogP contribution in [0.5, 0.6) is 5.75 Å². The fourth-order valence-corrected chi connectivity index (χ4v) is 2.67. The minimum atomic E-state index is -0.540. The summed E-state index contributed by atoms with van der Waals surface area (Å²) in [5, 5.41) is 0. The molecule has 2 N–H and O–H groups in total. The second-order valence-electron chi connectivity index (χ2n) is 5.17. The number of hydrogen-bond acceptors (Lipinski definition) is 5. The molecule has 1 saturated heterocycles. The number of piperazine rings is 1. The molecule has 1 aromatic rings. The van der Waals surface area contributed by atoms with Crippen LogP contribution in [0.3, 0.4) is 0 Å². The number of methoxy groups -OCH3 is 1. The highest BCUT2D eigenvalue weighted by molar-refractivity contribution is 5.81. The first-order chi connectivity index (χ1) is 10.7. The minimum Gasteiger partial charge on any atom is -0.492 e. The predicted octanol–water partition coefficient (Wildman–Crippen LogP) is 0.708. The molecule has 0 aliphatic carbocycles. The number of anilines is 1. The number of benzene rings is 1. The van der Waals surface area contributed by atoms with Crippen LogP contribution in [0.1, 0.15) is 6.92 Å². The monoisotopic (exact) mass is 307 g/mol. The second kappa shape index (κ2) is 8.00. The molecule has 0 aromatic heterocycles. The summed E-state index contributed by atoms with van der Waals surface area (Å²) in [6, 6.07) is 8.01. The van der Waals surface area contributed by atoms with Gasteiger partial charge < -0.3 is 25.0 Å². The van der Waals surface area contributed by atoms with Gasteiger partial charge >= 0.3 is 0 Å². The Morgan fingerprint density at radius 1 is 1.27 bits per heavy atom. The van der Waals surface area contributed by atoms with Crippen molar-refractivity contribution in [3.63, 3.8) is 0 Å². The maximum absolute atomic E-state index is 12.3. The number of carbonyl (C=O) groups excluding carboxylic acids is 1. The van der Waals surface area contributed by atoms with Crippen LogP contribution in [0.4, 0.5) is 5.69 Å². The van der Waals surface area contributed by atoms with Crippen molar-refractivity contribution in [2.45, 2.75) is 13.0 Å². The molecule has 1 fully saturated rings. The van der Waals surface area contributed by atoms with Crippen LogP contribution in [-0.4, -0.2) is 63.4 Å². The first-order valence-electron chi connectivity index (χ1n) is 7.69. The molecule has 6 nitrogen and oxygen atoms in total. The van der Waals surface area contributed by atoms with E-state index in [1.54, 1.807) is 0 Å². The zero-order valence-corrected chi connectivity index (χ0v) is 13.3. The lowest BCUT2D eigenvalue weighted by atomic mass is 10.2. The maximum Gasteiger partial charge on any atom is 0.253 e. The summed E-state index contributed by atoms with van der Waals surface area (Å²) in [7, 11) is 1.52. The number of ether oxygens (including phenoxy) is 2. The fourth-order valence-electron chi connectivity index (χ4n) is 2.67. The van der Waals surface area contributed by atoms with Crippen molar-refractivity contribution in [2.75, 3.05) is 51.3 Å². The molecular weight excluding hydrogens is 282 g/mol.